The maximum absolute atomic E-state index is 13.0. The van der Waals surface area contributed by atoms with E-state index < -0.39 is 0 Å². The molecule has 28 heavy (non-hydrogen) atoms. The summed E-state index contributed by atoms with van der Waals surface area (Å²) in [5.74, 6) is 0.678. The molecule has 150 valence electrons. The molecule has 2 aromatic heterocycles. The lowest BCUT2D eigenvalue weighted by molar-refractivity contribution is 0.0768. The summed E-state index contributed by atoms with van der Waals surface area (Å²) in [7, 11) is 5.73. The topological polar surface area (TPSA) is 77.5 Å². The van der Waals surface area contributed by atoms with Gasteiger partial charge in [0.25, 0.3) is 11.5 Å². The maximum Gasteiger partial charge on any atom is 0.270 e. The van der Waals surface area contributed by atoms with Crippen LogP contribution in [0.15, 0.2) is 29.2 Å². The number of carbonyl (C=O) groups is 1. The lowest BCUT2D eigenvalue weighted by Crippen LogP contribution is -2.37. The highest BCUT2D eigenvalue weighted by Crippen LogP contribution is 2.36. The number of aromatic nitrogens is 3. The van der Waals surface area contributed by atoms with E-state index >= 15 is 0 Å². The molecule has 2 aliphatic rings. The van der Waals surface area contributed by atoms with Crippen molar-refractivity contribution in [2.45, 2.75) is 37.9 Å². The van der Waals surface area contributed by atoms with Gasteiger partial charge in [0.2, 0.25) is 5.95 Å². The zero-order valence-electron chi connectivity index (χ0n) is 16.8. The Morgan fingerprint density at radius 3 is 2.79 bits per heavy atom. The molecular formula is C20H28N6O2. The van der Waals surface area contributed by atoms with Crippen LogP contribution in [-0.4, -0.2) is 70.5 Å². The summed E-state index contributed by atoms with van der Waals surface area (Å²) in [4.78, 5) is 38.0. The second-order valence-corrected chi connectivity index (χ2v) is 8.10. The fraction of sp³-hybridized carbons (Fsp3) is 0.550. The molecule has 0 radical (unpaired) electrons. The van der Waals surface area contributed by atoms with Crippen molar-refractivity contribution in [3.63, 3.8) is 0 Å². The molecule has 2 aromatic rings. The van der Waals surface area contributed by atoms with Crippen LogP contribution in [0.2, 0.25) is 0 Å². The molecule has 0 spiro atoms. The van der Waals surface area contributed by atoms with E-state index in [0.717, 1.165) is 24.4 Å². The van der Waals surface area contributed by atoms with E-state index in [1.54, 1.807) is 11.0 Å². The number of aromatic amines is 1. The Kier molecular flexibility index (Phi) is 4.97. The van der Waals surface area contributed by atoms with E-state index in [4.69, 9.17) is 0 Å². The number of carbonyl (C=O) groups excluding carboxylic acids is 1. The number of hydrogen-bond acceptors (Lipinski definition) is 5. The quantitative estimate of drug-likeness (QED) is 0.813. The van der Waals surface area contributed by atoms with Gasteiger partial charge in [0.05, 0.1) is 5.69 Å². The van der Waals surface area contributed by atoms with Gasteiger partial charge in [0.15, 0.2) is 0 Å². The number of likely N-dealkylation sites (N-methyl/N-ethyl adjacent to an activating group) is 1. The smallest absolute Gasteiger partial charge is 0.270 e. The minimum atomic E-state index is -0.147. The number of nitrogens with one attached hydrogen (secondary N) is 1. The average Bonchev–Trinajstić information content (AvgIpc) is 3.18. The first-order valence-corrected chi connectivity index (χ1v) is 9.86. The first-order chi connectivity index (χ1) is 13.4. The maximum atomic E-state index is 13.0. The highest BCUT2D eigenvalue weighted by atomic mass is 16.2. The first-order valence-electron chi connectivity index (χ1n) is 9.86. The molecule has 1 unspecified atom stereocenters. The van der Waals surface area contributed by atoms with Gasteiger partial charge in [-0.1, -0.05) is 0 Å². The third kappa shape index (κ3) is 3.82. The highest BCUT2D eigenvalue weighted by molar-refractivity contribution is 5.93. The number of amides is 1. The van der Waals surface area contributed by atoms with Crippen molar-refractivity contribution < 1.29 is 4.79 Å². The van der Waals surface area contributed by atoms with Gasteiger partial charge in [0, 0.05) is 58.1 Å². The Bertz CT molecular complexity index is 913. The van der Waals surface area contributed by atoms with Crippen LogP contribution in [0.5, 0.6) is 0 Å². The van der Waals surface area contributed by atoms with Crippen LogP contribution in [0.25, 0.3) is 0 Å². The zero-order chi connectivity index (χ0) is 19.8. The Morgan fingerprint density at radius 1 is 1.29 bits per heavy atom. The average molecular weight is 384 g/mol. The Labute approximate surface area is 164 Å². The normalized spacial score (nSPS) is 19.4. The molecule has 0 bridgehead atoms. The molecule has 4 rings (SSSR count). The molecule has 2 fully saturated rings. The van der Waals surface area contributed by atoms with E-state index in [9.17, 15) is 9.59 Å². The summed E-state index contributed by atoms with van der Waals surface area (Å²) in [6.45, 7) is 2.04. The van der Waals surface area contributed by atoms with Crippen molar-refractivity contribution in [1.82, 2.24) is 24.3 Å². The predicted molar refractivity (Wildman–Crippen MR) is 108 cm³/mol. The van der Waals surface area contributed by atoms with Gasteiger partial charge in [-0.3, -0.25) is 19.5 Å². The summed E-state index contributed by atoms with van der Waals surface area (Å²) in [5.41, 5.74) is 1.39. The van der Waals surface area contributed by atoms with E-state index in [0.29, 0.717) is 25.1 Å². The number of rotatable bonds is 6. The second kappa shape index (κ2) is 7.43. The van der Waals surface area contributed by atoms with Gasteiger partial charge >= 0.3 is 0 Å². The third-order valence-corrected chi connectivity index (χ3v) is 5.63. The van der Waals surface area contributed by atoms with Crippen LogP contribution in [0.1, 0.15) is 41.5 Å². The predicted octanol–water partition coefficient (Wildman–Crippen LogP) is 1.32. The molecule has 1 aliphatic carbocycles. The fourth-order valence-corrected chi connectivity index (χ4v) is 3.87. The molecule has 1 N–H and O–H groups in total. The largest absolute Gasteiger partial charge is 0.348 e. The third-order valence-electron chi connectivity index (χ3n) is 5.63. The lowest BCUT2D eigenvalue weighted by atomic mass is 10.2. The van der Waals surface area contributed by atoms with Gasteiger partial charge in [-0.05, 0) is 38.4 Å². The van der Waals surface area contributed by atoms with Crippen LogP contribution >= 0.6 is 0 Å². The molecule has 1 saturated carbocycles. The number of likely N-dealkylation sites (tertiary alicyclic amines) is 1. The van der Waals surface area contributed by atoms with Crippen molar-refractivity contribution in [3.05, 3.63) is 46.1 Å². The number of nitrogens with zero attached hydrogens (tertiary/aromatic N) is 5. The Balaban J connectivity index is 1.40. The SMILES string of the molecule is CN(C)c1nc(CN(C)C2CCN(C(=O)c3cccn3C3CC3)C2)cc(=O)[nH]1. The number of anilines is 1. The van der Waals surface area contributed by atoms with Gasteiger partial charge < -0.3 is 14.4 Å². The first kappa shape index (κ1) is 18.7. The van der Waals surface area contributed by atoms with E-state index in [1.807, 2.05) is 44.4 Å². The van der Waals surface area contributed by atoms with Crippen molar-refractivity contribution in [1.29, 1.82) is 0 Å². The molecule has 8 nitrogen and oxygen atoms in total. The standard InChI is InChI=1S/C20H28N6O2/c1-23(2)20-21-14(11-18(27)22-20)12-24(3)16-8-10-25(13-16)19(28)17-5-4-9-26(17)15-6-7-15/h4-5,9,11,15-16H,6-8,10,12-13H2,1-3H3,(H,21,22,27). The van der Waals surface area contributed by atoms with E-state index in [2.05, 4.69) is 19.4 Å². The van der Waals surface area contributed by atoms with Crippen LogP contribution < -0.4 is 10.5 Å². The van der Waals surface area contributed by atoms with Crippen molar-refractivity contribution in [2.75, 3.05) is 39.1 Å². The molecule has 0 aromatic carbocycles. The number of hydrogen-bond donors (Lipinski definition) is 1. The molecule has 1 aliphatic heterocycles. The van der Waals surface area contributed by atoms with E-state index in [-0.39, 0.29) is 17.5 Å². The van der Waals surface area contributed by atoms with Gasteiger partial charge in [0.1, 0.15) is 5.69 Å². The minimum Gasteiger partial charge on any atom is -0.348 e. The number of H-pyrrole nitrogens is 1. The Morgan fingerprint density at radius 2 is 2.07 bits per heavy atom. The molecule has 1 saturated heterocycles. The minimum absolute atomic E-state index is 0.122. The molecule has 1 amide bonds. The van der Waals surface area contributed by atoms with Gasteiger partial charge in [-0.15, -0.1) is 0 Å². The van der Waals surface area contributed by atoms with Crippen LogP contribution in [-0.2, 0) is 6.54 Å². The van der Waals surface area contributed by atoms with Gasteiger partial charge in [-0.25, -0.2) is 4.98 Å². The van der Waals surface area contributed by atoms with Crippen molar-refractivity contribution in [2.24, 2.45) is 0 Å². The summed E-state index contributed by atoms with van der Waals surface area (Å²) < 4.78 is 2.13. The fourth-order valence-electron chi connectivity index (χ4n) is 3.87. The lowest BCUT2D eigenvalue weighted by Gasteiger charge is -2.25. The van der Waals surface area contributed by atoms with Crippen LogP contribution in [0, 0.1) is 0 Å². The van der Waals surface area contributed by atoms with E-state index in [1.165, 1.54) is 12.8 Å². The van der Waals surface area contributed by atoms with Crippen LogP contribution in [0.3, 0.4) is 0 Å². The Hall–Kier alpha value is -2.61. The summed E-state index contributed by atoms with van der Waals surface area (Å²) >= 11 is 0. The van der Waals surface area contributed by atoms with Gasteiger partial charge in [-0.2, -0.15) is 0 Å². The highest BCUT2D eigenvalue weighted by Gasteiger charge is 2.33. The van der Waals surface area contributed by atoms with Crippen molar-refractivity contribution in [3.8, 4) is 0 Å². The second-order valence-electron chi connectivity index (χ2n) is 8.10. The summed E-state index contributed by atoms with van der Waals surface area (Å²) in [5, 5.41) is 0. The molecule has 3 heterocycles. The zero-order valence-corrected chi connectivity index (χ0v) is 16.8. The molecular weight excluding hydrogens is 356 g/mol. The monoisotopic (exact) mass is 384 g/mol. The van der Waals surface area contributed by atoms with Crippen molar-refractivity contribution >= 4 is 11.9 Å². The summed E-state index contributed by atoms with van der Waals surface area (Å²) in [6, 6.07) is 6.21. The molecule has 8 heteroatoms. The molecule has 1 atom stereocenters. The van der Waals surface area contributed by atoms with Crippen LogP contribution in [0.4, 0.5) is 5.95 Å². The summed E-state index contributed by atoms with van der Waals surface area (Å²) in [6.07, 6.45) is 5.28.